The number of hydrogen-bond acceptors (Lipinski definition) is 0. The van der Waals surface area contributed by atoms with Crippen LogP contribution >= 0.6 is 0 Å². The lowest BCUT2D eigenvalue weighted by Crippen LogP contribution is -1.94. The molecule has 0 aliphatic rings. The van der Waals surface area contributed by atoms with E-state index < -0.39 is 0 Å². The van der Waals surface area contributed by atoms with Crippen LogP contribution in [0.1, 0.15) is 34.7 Å². The zero-order valence-corrected chi connectivity index (χ0v) is 13.5. The van der Waals surface area contributed by atoms with Crippen LogP contribution in [0.2, 0.25) is 0 Å². The predicted molar refractivity (Wildman–Crippen MR) is 95.7 cm³/mol. The van der Waals surface area contributed by atoms with E-state index in [9.17, 15) is 0 Å². The molecule has 0 amide bonds. The van der Waals surface area contributed by atoms with Crippen LogP contribution in [0.3, 0.4) is 0 Å². The molecule has 2 aromatic carbocycles. The van der Waals surface area contributed by atoms with Crippen LogP contribution in [0.25, 0.3) is 6.08 Å². The molecular weight excluding hydrogens is 252 g/mol. The number of hydrogen-bond donors (Lipinski definition) is 0. The normalized spacial score (nSPS) is 9.48. The molecule has 2 rings (SSSR count). The first-order chi connectivity index (χ1) is 10.1. The molecule has 21 heavy (non-hydrogen) atoms. The van der Waals surface area contributed by atoms with Crippen molar-refractivity contribution >= 4 is 6.08 Å². The molecular formula is C21H26. The van der Waals surface area contributed by atoms with Crippen molar-refractivity contribution in [1.29, 1.82) is 0 Å². The smallest absolute Gasteiger partial charge is 0.00998 e. The molecule has 0 heteroatoms. The van der Waals surface area contributed by atoms with Crippen molar-refractivity contribution in [3.05, 3.63) is 89.5 Å². The number of allylic oxidation sites excluding steroid dienone is 1. The van der Waals surface area contributed by atoms with Gasteiger partial charge in [-0.2, -0.15) is 0 Å². The SMILES string of the molecule is C=CCc1cc(C=C)c(C)c(CC)c1.Cc1ccccc1. The summed E-state index contributed by atoms with van der Waals surface area (Å²) in [6.07, 6.45) is 5.89. The average molecular weight is 278 g/mol. The Morgan fingerprint density at radius 1 is 1.00 bits per heavy atom. The predicted octanol–water partition coefficient (Wildman–Crippen LogP) is 5.92. The molecule has 0 aliphatic carbocycles. The molecule has 0 fully saturated rings. The second kappa shape index (κ2) is 8.97. The van der Waals surface area contributed by atoms with Crippen LogP contribution in [0.4, 0.5) is 0 Å². The van der Waals surface area contributed by atoms with Gasteiger partial charge >= 0.3 is 0 Å². The van der Waals surface area contributed by atoms with E-state index in [0.29, 0.717) is 0 Å². The van der Waals surface area contributed by atoms with Crippen LogP contribution in [-0.2, 0) is 12.8 Å². The summed E-state index contributed by atoms with van der Waals surface area (Å²) < 4.78 is 0. The molecule has 0 bridgehead atoms. The average Bonchev–Trinajstić information content (AvgIpc) is 2.50. The van der Waals surface area contributed by atoms with Crippen molar-refractivity contribution in [1.82, 2.24) is 0 Å². The fraction of sp³-hybridized carbons (Fsp3) is 0.238. The topological polar surface area (TPSA) is 0 Å². The fourth-order valence-electron chi connectivity index (χ4n) is 2.27. The monoisotopic (exact) mass is 278 g/mol. The summed E-state index contributed by atoms with van der Waals surface area (Å²) >= 11 is 0. The first kappa shape index (κ1) is 17.0. The van der Waals surface area contributed by atoms with E-state index in [4.69, 9.17) is 0 Å². The van der Waals surface area contributed by atoms with Gasteiger partial charge in [-0.25, -0.2) is 0 Å². The van der Waals surface area contributed by atoms with Gasteiger partial charge in [-0.3, -0.25) is 0 Å². The van der Waals surface area contributed by atoms with Crippen molar-refractivity contribution in [2.75, 3.05) is 0 Å². The highest BCUT2D eigenvalue weighted by Crippen LogP contribution is 2.19. The Labute approximate surface area is 129 Å². The highest BCUT2D eigenvalue weighted by molar-refractivity contribution is 5.55. The van der Waals surface area contributed by atoms with Crippen molar-refractivity contribution in [2.24, 2.45) is 0 Å². The van der Waals surface area contributed by atoms with Gasteiger partial charge in [-0.1, -0.05) is 73.7 Å². The zero-order valence-electron chi connectivity index (χ0n) is 13.5. The van der Waals surface area contributed by atoms with E-state index in [0.717, 1.165) is 12.8 Å². The Balaban J connectivity index is 0.000000262. The van der Waals surface area contributed by atoms with Gasteiger partial charge < -0.3 is 0 Å². The van der Waals surface area contributed by atoms with E-state index in [1.54, 1.807) is 0 Å². The van der Waals surface area contributed by atoms with E-state index in [-0.39, 0.29) is 0 Å². The first-order valence-corrected chi connectivity index (χ1v) is 7.49. The van der Waals surface area contributed by atoms with Crippen LogP contribution < -0.4 is 0 Å². The standard InChI is InChI=1S/C14H18.C7H8/c1-5-8-12-9-13(6-2)11(4)14(7-3)10-12;1-7-5-3-2-4-6-7/h5-6,9-10H,1-2,7-8H2,3-4H3;2-6H,1H3. The zero-order chi connectivity index (χ0) is 15.7. The lowest BCUT2D eigenvalue weighted by Gasteiger charge is -2.10. The Morgan fingerprint density at radius 3 is 2.10 bits per heavy atom. The van der Waals surface area contributed by atoms with Gasteiger partial charge in [0.05, 0.1) is 0 Å². The van der Waals surface area contributed by atoms with Gasteiger partial charge in [0, 0.05) is 0 Å². The van der Waals surface area contributed by atoms with Gasteiger partial charge in [-0.15, -0.1) is 6.58 Å². The van der Waals surface area contributed by atoms with Crippen LogP contribution in [0, 0.1) is 13.8 Å². The Kier molecular flexibility index (Phi) is 7.25. The molecule has 0 N–H and O–H groups in total. The van der Waals surface area contributed by atoms with E-state index >= 15 is 0 Å². The Morgan fingerprint density at radius 2 is 1.67 bits per heavy atom. The Hall–Kier alpha value is -2.08. The third-order valence-corrected chi connectivity index (χ3v) is 3.54. The molecule has 0 saturated carbocycles. The van der Waals surface area contributed by atoms with E-state index in [2.05, 4.69) is 58.2 Å². The summed E-state index contributed by atoms with van der Waals surface area (Å²) in [7, 11) is 0. The molecule has 2 aromatic rings. The maximum Gasteiger partial charge on any atom is -0.00998 e. The minimum atomic E-state index is 0.939. The maximum atomic E-state index is 3.84. The Bertz CT molecular complexity index is 576. The van der Waals surface area contributed by atoms with Crippen molar-refractivity contribution < 1.29 is 0 Å². The molecule has 0 heterocycles. The molecule has 0 atom stereocenters. The second-order valence-corrected chi connectivity index (χ2v) is 5.17. The molecule has 0 radical (unpaired) electrons. The summed E-state index contributed by atoms with van der Waals surface area (Å²) in [6.45, 7) is 14.0. The largest absolute Gasteiger partial charge is 0.103 e. The molecule has 0 saturated heterocycles. The molecule has 110 valence electrons. The van der Waals surface area contributed by atoms with Crippen LogP contribution in [0.5, 0.6) is 0 Å². The highest BCUT2D eigenvalue weighted by atomic mass is 14.1. The number of rotatable bonds is 4. The quantitative estimate of drug-likeness (QED) is 0.609. The molecule has 0 aliphatic heterocycles. The summed E-state index contributed by atoms with van der Waals surface area (Å²) in [6, 6.07) is 14.7. The first-order valence-electron chi connectivity index (χ1n) is 7.49. The minimum Gasteiger partial charge on any atom is -0.103 e. The third-order valence-electron chi connectivity index (χ3n) is 3.54. The number of aryl methyl sites for hydroxylation is 2. The third kappa shape index (κ3) is 5.43. The number of benzene rings is 2. The van der Waals surface area contributed by atoms with Crippen molar-refractivity contribution in [3.8, 4) is 0 Å². The van der Waals surface area contributed by atoms with Crippen molar-refractivity contribution in [2.45, 2.75) is 33.6 Å². The van der Waals surface area contributed by atoms with Crippen molar-refractivity contribution in [3.63, 3.8) is 0 Å². The maximum absolute atomic E-state index is 3.84. The summed E-state index contributed by atoms with van der Waals surface area (Å²) in [5, 5.41) is 0. The summed E-state index contributed by atoms with van der Waals surface area (Å²) in [5.74, 6) is 0. The summed E-state index contributed by atoms with van der Waals surface area (Å²) in [5.41, 5.74) is 6.68. The van der Waals surface area contributed by atoms with Gasteiger partial charge in [0.1, 0.15) is 0 Å². The summed E-state index contributed by atoms with van der Waals surface area (Å²) in [4.78, 5) is 0. The molecule has 0 aromatic heterocycles. The highest BCUT2D eigenvalue weighted by Gasteiger charge is 2.02. The van der Waals surface area contributed by atoms with Crippen LogP contribution in [0.15, 0.2) is 61.7 Å². The van der Waals surface area contributed by atoms with E-state index in [1.165, 1.54) is 27.8 Å². The van der Waals surface area contributed by atoms with E-state index in [1.807, 2.05) is 30.4 Å². The molecule has 0 spiro atoms. The van der Waals surface area contributed by atoms with Gasteiger partial charge in [-0.05, 0) is 48.9 Å². The molecule has 0 nitrogen and oxygen atoms in total. The van der Waals surface area contributed by atoms with Gasteiger partial charge in [0.15, 0.2) is 0 Å². The molecule has 0 unspecified atom stereocenters. The van der Waals surface area contributed by atoms with Gasteiger partial charge in [0.25, 0.3) is 0 Å². The van der Waals surface area contributed by atoms with Gasteiger partial charge in [0.2, 0.25) is 0 Å². The lowest BCUT2D eigenvalue weighted by molar-refractivity contribution is 1.09. The fourth-order valence-corrected chi connectivity index (χ4v) is 2.27. The lowest BCUT2D eigenvalue weighted by atomic mass is 9.96. The minimum absolute atomic E-state index is 0.939. The second-order valence-electron chi connectivity index (χ2n) is 5.17. The van der Waals surface area contributed by atoms with Crippen LogP contribution in [-0.4, -0.2) is 0 Å².